The molecule has 2 N–H and O–H groups in total. The van der Waals surface area contributed by atoms with Crippen LogP contribution in [0.1, 0.15) is 23.7 Å². The van der Waals surface area contributed by atoms with Crippen molar-refractivity contribution in [1.29, 1.82) is 0 Å². The van der Waals surface area contributed by atoms with Gasteiger partial charge in [0, 0.05) is 46.1 Å². The molecule has 1 unspecified atom stereocenters. The monoisotopic (exact) mass is 299 g/mol. The van der Waals surface area contributed by atoms with Gasteiger partial charge in [-0.2, -0.15) is 0 Å². The number of hydrogen-bond acceptors (Lipinski definition) is 3. The van der Waals surface area contributed by atoms with Crippen molar-refractivity contribution in [2.45, 2.75) is 19.4 Å². The fraction of sp³-hybridized carbons (Fsp3) is 0.364. The Morgan fingerprint density at radius 3 is 3.12 bits per heavy atom. The number of aromatic amines is 1. The lowest BCUT2D eigenvalue weighted by Crippen LogP contribution is -2.20. The van der Waals surface area contributed by atoms with Crippen molar-refractivity contribution in [3.63, 3.8) is 0 Å². The van der Waals surface area contributed by atoms with Crippen LogP contribution in [0.25, 0.3) is 0 Å². The van der Waals surface area contributed by atoms with Gasteiger partial charge in [0.25, 0.3) is 0 Å². The summed E-state index contributed by atoms with van der Waals surface area (Å²) in [6.07, 6.45) is 4.58. The minimum Gasteiger partial charge on any atom is -0.349 e. The standard InChI is InChI=1S/C11H14BrN3S/c1-8(10-6-9(12)7-16-10)13-3-2-11-14-4-5-15-11/h4-8,13H,2-3H2,1H3,(H,14,15). The van der Waals surface area contributed by atoms with E-state index in [0.29, 0.717) is 6.04 Å². The minimum absolute atomic E-state index is 0.395. The first-order chi connectivity index (χ1) is 7.75. The summed E-state index contributed by atoms with van der Waals surface area (Å²) in [4.78, 5) is 8.64. The van der Waals surface area contributed by atoms with E-state index in [1.54, 1.807) is 17.5 Å². The molecule has 0 aliphatic heterocycles. The van der Waals surface area contributed by atoms with Crippen LogP contribution in [0.2, 0.25) is 0 Å². The van der Waals surface area contributed by atoms with E-state index in [4.69, 9.17) is 0 Å². The van der Waals surface area contributed by atoms with Crippen LogP contribution in [0, 0.1) is 0 Å². The van der Waals surface area contributed by atoms with Crippen molar-refractivity contribution >= 4 is 27.3 Å². The molecule has 0 bridgehead atoms. The van der Waals surface area contributed by atoms with Gasteiger partial charge in [-0.3, -0.25) is 0 Å². The number of halogens is 1. The molecule has 0 saturated heterocycles. The first kappa shape index (κ1) is 11.8. The summed E-state index contributed by atoms with van der Waals surface area (Å²) in [5, 5.41) is 5.59. The molecule has 16 heavy (non-hydrogen) atoms. The highest BCUT2D eigenvalue weighted by molar-refractivity contribution is 9.10. The molecule has 5 heteroatoms. The Bertz CT molecular complexity index is 424. The van der Waals surface area contributed by atoms with E-state index in [2.05, 4.69) is 49.6 Å². The molecule has 3 nitrogen and oxygen atoms in total. The van der Waals surface area contributed by atoms with Crippen molar-refractivity contribution in [3.8, 4) is 0 Å². The Morgan fingerprint density at radius 1 is 1.62 bits per heavy atom. The molecule has 0 fully saturated rings. The zero-order valence-electron chi connectivity index (χ0n) is 9.03. The average molecular weight is 300 g/mol. The molecule has 0 saturated carbocycles. The minimum atomic E-state index is 0.395. The van der Waals surface area contributed by atoms with Crippen LogP contribution in [0.15, 0.2) is 28.3 Å². The van der Waals surface area contributed by atoms with Gasteiger partial charge in [0.05, 0.1) is 0 Å². The summed E-state index contributed by atoms with van der Waals surface area (Å²) < 4.78 is 1.16. The van der Waals surface area contributed by atoms with Crippen LogP contribution in [-0.2, 0) is 6.42 Å². The molecule has 86 valence electrons. The quantitative estimate of drug-likeness (QED) is 0.890. The molecule has 0 aliphatic carbocycles. The summed E-state index contributed by atoms with van der Waals surface area (Å²) in [7, 11) is 0. The van der Waals surface area contributed by atoms with Crippen LogP contribution in [0.4, 0.5) is 0 Å². The van der Waals surface area contributed by atoms with Crippen LogP contribution >= 0.6 is 27.3 Å². The predicted octanol–water partition coefficient (Wildman–Crippen LogP) is 3.13. The van der Waals surface area contributed by atoms with Crippen molar-refractivity contribution in [2.75, 3.05) is 6.54 Å². The second-order valence-electron chi connectivity index (χ2n) is 3.63. The Hall–Kier alpha value is -0.650. The number of nitrogens with one attached hydrogen (secondary N) is 2. The van der Waals surface area contributed by atoms with Gasteiger partial charge in [0.15, 0.2) is 0 Å². The zero-order valence-corrected chi connectivity index (χ0v) is 11.4. The van der Waals surface area contributed by atoms with Gasteiger partial charge in [-0.05, 0) is 28.9 Å². The molecule has 1 atom stereocenters. The van der Waals surface area contributed by atoms with Gasteiger partial charge in [0.2, 0.25) is 0 Å². The predicted molar refractivity (Wildman–Crippen MR) is 70.7 cm³/mol. The summed E-state index contributed by atoms with van der Waals surface area (Å²) in [6, 6.07) is 2.56. The van der Waals surface area contributed by atoms with E-state index in [-0.39, 0.29) is 0 Å². The van der Waals surface area contributed by atoms with Gasteiger partial charge >= 0.3 is 0 Å². The molecule has 2 heterocycles. The molecule has 0 aliphatic rings. The van der Waals surface area contributed by atoms with Crippen LogP contribution in [0.3, 0.4) is 0 Å². The number of nitrogens with zero attached hydrogens (tertiary/aromatic N) is 1. The third-order valence-corrected chi connectivity index (χ3v) is 4.26. The van der Waals surface area contributed by atoms with E-state index in [9.17, 15) is 0 Å². The smallest absolute Gasteiger partial charge is 0.107 e. The summed E-state index contributed by atoms with van der Waals surface area (Å²) >= 11 is 5.24. The highest BCUT2D eigenvalue weighted by Crippen LogP contribution is 2.25. The number of thiophene rings is 1. The maximum atomic E-state index is 4.19. The number of rotatable bonds is 5. The summed E-state index contributed by atoms with van der Waals surface area (Å²) in [6.45, 7) is 3.12. The highest BCUT2D eigenvalue weighted by Gasteiger charge is 2.07. The first-order valence-corrected chi connectivity index (χ1v) is 6.88. The SMILES string of the molecule is CC(NCCc1ncc[nH]1)c1cc(Br)cs1. The van der Waals surface area contributed by atoms with Gasteiger partial charge in [-0.1, -0.05) is 0 Å². The molecular formula is C11H14BrN3S. The molecule has 2 aromatic heterocycles. The van der Waals surface area contributed by atoms with Gasteiger partial charge in [-0.25, -0.2) is 4.98 Å². The Morgan fingerprint density at radius 2 is 2.50 bits per heavy atom. The third kappa shape index (κ3) is 3.17. The van der Waals surface area contributed by atoms with Gasteiger partial charge in [-0.15, -0.1) is 11.3 Å². The lowest BCUT2D eigenvalue weighted by molar-refractivity contribution is 0.578. The number of aromatic nitrogens is 2. The fourth-order valence-corrected chi connectivity index (χ4v) is 2.98. The summed E-state index contributed by atoms with van der Waals surface area (Å²) in [5.41, 5.74) is 0. The van der Waals surface area contributed by atoms with E-state index in [1.165, 1.54) is 4.88 Å². The number of hydrogen-bond donors (Lipinski definition) is 2. The maximum absolute atomic E-state index is 4.19. The molecular weight excluding hydrogens is 286 g/mol. The van der Waals surface area contributed by atoms with Crippen molar-refractivity contribution in [3.05, 3.63) is 39.0 Å². The highest BCUT2D eigenvalue weighted by atomic mass is 79.9. The van der Waals surface area contributed by atoms with E-state index < -0.39 is 0 Å². The lowest BCUT2D eigenvalue weighted by atomic mass is 10.2. The third-order valence-electron chi connectivity index (χ3n) is 2.38. The van der Waals surface area contributed by atoms with E-state index in [0.717, 1.165) is 23.3 Å². The normalized spacial score (nSPS) is 12.9. The van der Waals surface area contributed by atoms with Crippen molar-refractivity contribution in [2.24, 2.45) is 0 Å². The van der Waals surface area contributed by atoms with Gasteiger partial charge < -0.3 is 10.3 Å². The molecule has 0 amide bonds. The lowest BCUT2D eigenvalue weighted by Gasteiger charge is -2.10. The van der Waals surface area contributed by atoms with Crippen LogP contribution < -0.4 is 5.32 Å². The number of imidazole rings is 1. The first-order valence-electron chi connectivity index (χ1n) is 5.21. The van der Waals surface area contributed by atoms with Crippen molar-refractivity contribution < 1.29 is 0 Å². The second kappa shape index (κ2) is 5.61. The van der Waals surface area contributed by atoms with Gasteiger partial charge in [0.1, 0.15) is 5.82 Å². The van der Waals surface area contributed by atoms with E-state index in [1.807, 2.05) is 6.20 Å². The molecule has 2 rings (SSSR count). The van der Waals surface area contributed by atoms with Crippen LogP contribution in [-0.4, -0.2) is 16.5 Å². The van der Waals surface area contributed by atoms with Crippen LogP contribution in [0.5, 0.6) is 0 Å². The maximum Gasteiger partial charge on any atom is 0.107 e. The molecule has 0 aromatic carbocycles. The molecule has 0 radical (unpaired) electrons. The molecule has 2 aromatic rings. The molecule has 0 spiro atoms. The topological polar surface area (TPSA) is 40.7 Å². The summed E-state index contributed by atoms with van der Waals surface area (Å²) in [5.74, 6) is 1.03. The zero-order chi connectivity index (χ0) is 11.4. The average Bonchev–Trinajstić information content (AvgIpc) is 2.89. The Kier molecular flexibility index (Phi) is 4.15. The number of H-pyrrole nitrogens is 1. The van der Waals surface area contributed by atoms with E-state index >= 15 is 0 Å². The second-order valence-corrected chi connectivity index (χ2v) is 5.49. The Labute approximate surface area is 107 Å². The largest absolute Gasteiger partial charge is 0.349 e. The Balaban J connectivity index is 1.78. The fourth-order valence-electron chi connectivity index (χ4n) is 1.50. The van der Waals surface area contributed by atoms with Crippen molar-refractivity contribution in [1.82, 2.24) is 15.3 Å².